The lowest BCUT2D eigenvalue weighted by Crippen LogP contribution is -2.40. The molecule has 0 amide bonds. The summed E-state index contributed by atoms with van der Waals surface area (Å²) in [6, 6.07) is 4.27. The summed E-state index contributed by atoms with van der Waals surface area (Å²) in [5, 5.41) is 0.465. The average Bonchev–Trinajstić information content (AvgIpc) is 2.97. The standard InChI is InChI=1S/C20H28FN3O5S/c1-23-17-5-4-15(21)12-16(17)18(19(23)28-2)20(25)29-13-14-6-9-24(10-7-14)11-8-22-30(3,26)27/h4-5,12,14,22H,6-11,13H2,1-3H3. The number of piperidine rings is 1. The molecule has 0 saturated carbocycles. The zero-order valence-electron chi connectivity index (χ0n) is 17.5. The molecule has 0 unspecified atom stereocenters. The minimum absolute atomic E-state index is 0.228. The summed E-state index contributed by atoms with van der Waals surface area (Å²) in [5.41, 5.74) is 0.926. The van der Waals surface area contributed by atoms with Gasteiger partial charge in [0.05, 0.1) is 25.5 Å². The molecule has 2 heterocycles. The van der Waals surface area contributed by atoms with Crippen LogP contribution in [0.4, 0.5) is 4.39 Å². The Hall–Kier alpha value is -2.17. The van der Waals surface area contributed by atoms with E-state index in [1.807, 2.05) is 0 Å². The largest absolute Gasteiger partial charge is 0.482 e. The van der Waals surface area contributed by atoms with Crippen molar-refractivity contribution in [1.82, 2.24) is 14.2 Å². The average molecular weight is 442 g/mol. The number of hydrogen-bond donors (Lipinski definition) is 1. The molecule has 30 heavy (non-hydrogen) atoms. The molecule has 2 aromatic rings. The number of benzene rings is 1. The van der Waals surface area contributed by atoms with Gasteiger partial charge in [-0.1, -0.05) is 0 Å². The van der Waals surface area contributed by atoms with E-state index in [-0.39, 0.29) is 18.1 Å². The fraction of sp³-hybridized carbons (Fsp3) is 0.550. The van der Waals surface area contributed by atoms with Gasteiger partial charge in [0.1, 0.15) is 11.4 Å². The van der Waals surface area contributed by atoms with E-state index in [2.05, 4.69) is 9.62 Å². The SMILES string of the molecule is COc1c(C(=O)OCC2CCN(CCNS(C)(=O)=O)CC2)c2cc(F)ccc2n1C. The molecule has 1 aromatic carbocycles. The van der Waals surface area contributed by atoms with Crippen molar-refractivity contribution >= 4 is 26.9 Å². The van der Waals surface area contributed by atoms with E-state index in [0.29, 0.717) is 29.9 Å². The van der Waals surface area contributed by atoms with Gasteiger partial charge in [-0.2, -0.15) is 0 Å². The summed E-state index contributed by atoms with van der Waals surface area (Å²) in [5.74, 6) is -0.384. The van der Waals surface area contributed by atoms with E-state index in [1.165, 1.54) is 19.2 Å². The second kappa shape index (κ2) is 9.32. The van der Waals surface area contributed by atoms with Crippen molar-refractivity contribution in [2.24, 2.45) is 13.0 Å². The molecule has 3 rings (SSSR count). The van der Waals surface area contributed by atoms with Gasteiger partial charge in [-0.25, -0.2) is 22.3 Å². The monoisotopic (exact) mass is 441 g/mol. The third-order valence-corrected chi connectivity index (χ3v) is 6.18. The van der Waals surface area contributed by atoms with Crippen molar-refractivity contribution in [3.63, 3.8) is 0 Å². The lowest BCUT2D eigenvalue weighted by Gasteiger charge is -2.31. The minimum atomic E-state index is -3.17. The number of esters is 1. The maximum Gasteiger partial charge on any atom is 0.344 e. The van der Waals surface area contributed by atoms with Crippen molar-refractivity contribution in [2.45, 2.75) is 12.8 Å². The Kier molecular flexibility index (Phi) is 6.99. The number of halogens is 1. The Labute approximate surface area is 176 Å². The van der Waals surface area contributed by atoms with Crippen LogP contribution < -0.4 is 9.46 Å². The van der Waals surface area contributed by atoms with Gasteiger partial charge < -0.3 is 18.9 Å². The van der Waals surface area contributed by atoms with Crippen molar-refractivity contribution in [3.05, 3.63) is 29.6 Å². The van der Waals surface area contributed by atoms with Crippen molar-refractivity contribution < 1.29 is 27.1 Å². The molecular weight excluding hydrogens is 413 g/mol. The molecule has 0 bridgehead atoms. The van der Waals surface area contributed by atoms with Crippen LogP contribution in [0.5, 0.6) is 5.88 Å². The molecule has 0 radical (unpaired) electrons. The van der Waals surface area contributed by atoms with Crippen molar-refractivity contribution in [3.8, 4) is 5.88 Å². The first-order valence-electron chi connectivity index (χ1n) is 9.85. The van der Waals surface area contributed by atoms with Gasteiger partial charge in [0.2, 0.25) is 15.9 Å². The van der Waals surface area contributed by atoms with Gasteiger partial charge in [0.25, 0.3) is 0 Å². The molecule has 8 nitrogen and oxygen atoms in total. The first-order valence-corrected chi connectivity index (χ1v) is 11.7. The Morgan fingerprint density at radius 1 is 1.30 bits per heavy atom. The number of likely N-dealkylation sites (tertiary alicyclic amines) is 1. The number of sulfonamides is 1. The van der Waals surface area contributed by atoms with Crippen LogP contribution in [0.1, 0.15) is 23.2 Å². The van der Waals surface area contributed by atoms with Gasteiger partial charge >= 0.3 is 5.97 Å². The quantitative estimate of drug-likeness (QED) is 0.628. The number of carbonyl (C=O) groups excluding carboxylic acids is 1. The first kappa shape index (κ1) is 22.5. The highest BCUT2D eigenvalue weighted by Gasteiger charge is 2.26. The van der Waals surface area contributed by atoms with E-state index in [4.69, 9.17) is 9.47 Å². The zero-order chi connectivity index (χ0) is 21.9. The number of carbonyl (C=O) groups is 1. The summed E-state index contributed by atoms with van der Waals surface area (Å²) in [4.78, 5) is 15.0. The highest BCUT2D eigenvalue weighted by Crippen LogP contribution is 2.32. The number of methoxy groups -OCH3 is 1. The Bertz CT molecular complexity index is 1010. The summed E-state index contributed by atoms with van der Waals surface area (Å²) in [7, 11) is 0.0498. The second-order valence-corrected chi connectivity index (χ2v) is 9.49. The Morgan fingerprint density at radius 3 is 2.63 bits per heavy atom. The lowest BCUT2D eigenvalue weighted by molar-refractivity contribution is 0.0372. The normalized spacial score (nSPS) is 16.1. The van der Waals surface area contributed by atoms with Crippen LogP contribution in [-0.4, -0.2) is 70.0 Å². The van der Waals surface area contributed by atoms with Gasteiger partial charge in [0, 0.05) is 25.5 Å². The number of ether oxygens (including phenoxy) is 2. The first-order chi connectivity index (χ1) is 14.2. The van der Waals surface area contributed by atoms with Crippen LogP contribution in [0.15, 0.2) is 18.2 Å². The topological polar surface area (TPSA) is 89.9 Å². The van der Waals surface area contributed by atoms with E-state index < -0.39 is 21.8 Å². The highest BCUT2D eigenvalue weighted by atomic mass is 32.2. The predicted octanol–water partition coefficient (Wildman–Crippen LogP) is 1.74. The second-order valence-electron chi connectivity index (χ2n) is 7.65. The van der Waals surface area contributed by atoms with Crippen LogP contribution in [-0.2, 0) is 21.8 Å². The van der Waals surface area contributed by atoms with Crippen molar-refractivity contribution in [1.29, 1.82) is 0 Å². The molecule has 1 aliphatic heterocycles. The number of hydrogen-bond acceptors (Lipinski definition) is 6. The molecule has 1 saturated heterocycles. The number of aryl methyl sites for hydroxylation is 1. The summed E-state index contributed by atoms with van der Waals surface area (Å²) >= 11 is 0. The maximum absolute atomic E-state index is 13.7. The summed E-state index contributed by atoms with van der Waals surface area (Å²) in [6.45, 7) is 2.95. The number of nitrogens with one attached hydrogen (secondary N) is 1. The third-order valence-electron chi connectivity index (χ3n) is 5.45. The fourth-order valence-corrected chi connectivity index (χ4v) is 4.32. The number of fused-ring (bicyclic) bond motifs is 1. The van der Waals surface area contributed by atoms with Crippen LogP contribution >= 0.6 is 0 Å². The van der Waals surface area contributed by atoms with Crippen LogP contribution in [0, 0.1) is 11.7 Å². The van der Waals surface area contributed by atoms with E-state index in [1.54, 1.807) is 17.7 Å². The molecule has 166 valence electrons. The molecule has 0 atom stereocenters. The molecule has 0 spiro atoms. The molecular formula is C20H28FN3O5S. The van der Waals surface area contributed by atoms with Gasteiger partial charge in [-0.15, -0.1) is 0 Å². The van der Waals surface area contributed by atoms with Crippen molar-refractivity contribution in [2.75, 3.05) is 46.2 Å². The van der Waals surface area contributed by atoms with Gasteiger partial charge in [-0.05, 0) is 50.0 Å². The molecule has 1 aromatic heterocycles. The van der Waals surface area contributed by atoms with E-state index >= 15 is 0 Å². The number of aromatic nitrogens is 1. The summed E-state index contributed by atoms with van der Waals surface area (Å²) < 4.78 is 51.1. The maximum atomic E-state index is 13.7. The van der Waals surface area contributed by atoms with Gasteiger partial charge in [-0.3, -0.25) is 0 Å². The van der Waals surface area contributed by atoms with Crippen LogP contribution in [0.2, 0.25) is 0 Å². The molecule has 1 N–H and O–H groups in total. The lowest BCUT2D eigenvalue weighted by atomic mass is 9.98. The molecule has 1 fully saturated rings. The number of nitrogens with zero attached hydrogens (tertiary/aromatic N) is 2. The molecule has 0 aliphatic carbocycles. The Balaban J connectivity index is 1.56. The van der Waals surface area contributed by atoms with E-state index in [9.17, 15) is 17.6 Å². The highest BCUT2D eigenvalue weighted by molar-refractivity contribution is 7.88. The Morgan fingerprint density at radius 2 is 2.00 bits per heavy atom. The molecule has 1 aliphatic rings. The smallest absolute Gasteiger partial charge is 0.344 e. The predicted molar refractivity (Wildman–Crippen MR) is 112 cm³/mol. The van der Waals surface area contributed by atoms with Crippen LogP contribution in [0.25, 0.3) is 10.9 Å². The van der Waals surface area contributed by atoms with E-state index in [0.717, 1.165) is 32.2 Å². The van der Waals surface area contributed by atoms with Gasteiger partial charge in [0.15, 0.2) is 0 Å². The number of rotatable bonds is 8. The zero-order valence-corrected chi connectivity index (χ0v) is 18.3. The minimum Gasteiger partial charge on any atom is -0.482 e. The fourth-order valence-electron chi connectivity index (χ4n) is 3.86. The summed E-state index contributed by atoms with van der Waals surface area (Å²) in [6.07, 6.45) is 2.85. The van der Waals surface area contributed by atoms with Crippen LogP contribution in [0.3, 0.4) is 0 Å². The third kappa shape index (κ3) is 5.30. The molecule has 10 heteroatoms.